The van der Waals surface area contributed by atoms with Gasteiger partial charge in [-0.2, -0.15) is 0 Å². The summed E-state index contributed by atoms with van der Waals surface area (Å²) in [6.45, 7) is 1.34. The minimum atomic E-state index is 0.00581. The van der Waals surface area contributed by atoms with Gasteiger partial charge in [0.15, 0.2) is 17.8 Å². The second kappa shape index (κ2) is 10.1. The first-order chi connectivity index (χ1) is 15.7. The topological polar surface area (TPSA) is 69.7 Å². The summed E-state index contributed by atoms with van der Waals surface area (Å²) in [7, 11) is 3.20. The average molecular weight is 431 g/mol. The first-order valence-corrected chi connectivity index (χ1v) is 10.5. The van der Waals surface area contributed by atoms with Gasteiger partial charge in [0.2, 0.25) is 5.88 Å². The number of methoxy groups -OCH3 is 2. The molecular formula is C26H26N2O4. The zero-order valence-corrected chi connectivity index (χ0v) is 18.2. The number of benzene rings is 2. The van der Waals surface area contributed by atoms with Crippen LogP contribution in [0.3, 0.4) is 0 Å². The summed E-state index contributed by atoms with van der Waals surface area (Å²) in [5.41, 5.74) is 4.63. The van der Waals surface area contributed by atoms with Crippen molar-refractivity contribution in [3.8, 4) is 17.4 Å². The lowest BCUT2D eigenvalue weighted by Crippen LogP contribution is -2.28. The van der Waals surface area contributed by atoms with E-state index in [0.717, 1.165) is 35.4 Å². The summed E-state index contributed by atoms with van der Waals surface area (Å²) in [5, 5.41) is 3.53. The third kappa shape index (κ3) is 4.81. The van der Waals surface area contributed by atoms with Gasteiger partial charge in [-0.25, -0.2) is 4.98 Å². The molecule has 0 saturated carbocycles. The third-order valence-corrected chi connectivity index (χ3v) is 5.45. The van der Waals surface area contributed by atoms with E-state index in [9.17, 15) is 4.79 Å². The molecule has 6 nitrogen and oxygen atoms in total. The Morgan fingerprint density at radius 3 is 2.66 bits per heavy atom. The molecule has 0 amide bonds. The van der Waals surface area contributed by atoms with Crippen LogP contribution >= 0.6 is 0 Å². The molecule has 0 saturated heterocycles. The van der Waals surface area contributed by atoms with Gasteiger partial charge in [0.1, 0.15) is 12.3 Å². The van der Waals surface area contributed by atoms with Crippen LogP contribution < -0.4 is 19.5 Å². The summed E-state index contributed by atoms with van der Waals surface area (Å²) in [6.07, 6.45) is 5.64. The number of carbonyl (C=O) groups is 1. The number of hydrogen-bond acceptors (Lipinski definition) is 6. The number of fused-ring (bicyclic) bond motifs is 1. The third-order valence-electron chi connectivity index (χ3n) is 5.45. The number of hydrogen-bond donors (Lipinski definition) is 1. The molecule has 164 valence electrons. The number of ether oxygens (including phenoxy) is 3. The van der Waals surface area contributed by atoms with Crippen molar-refractivity contribution < 1.29 is 19.0 Å². The summed E-state index contributed by atoms with van der Waals surface area (Å²) >= 11 is 0. The molecule has 3 aromatic rings. The molecule has 0 aliphatic carbocycles. The molecule has 0 spiro atoms. The Morgan fingerprint density at radius 2 is 1.91 bits per heavy atom. The van der Waals surface area contributed by atoms with Gasteiger partial charge in [-0.3, -0.25) is 4.79 Å². The van der Waals surface area contributed by atoms with E-state index in [2.05, 4.69) is 22.4 Å². The van der Waals surface area contributed by atoms with Crippen LogP contribution in [-0.4, -0.2) is 32.0 Å². The summed E-state index contributed by atoms with van der Waals surface area (Å²) < 4.78 is 17.0. The van der Waals surface area contributed by atoms with E-state index in [1.807, 2.05) is 48.5 Å². The number of aldehydes is 1. The minimum Gasteiger partial charge on any atom is -0.493 e. The van der Waals surface area contributed by atoms with E-state index in [-0.39, 0.29) is 6.04 Å². The van der Waals surface area contributed by atoms with Crippen molar-refractivity contribution in [2.75, 3.05) is 20.8 Å². The predicted octanol–water partition coefficient (Wildman–Crippen LogP) is 4.39. The van der Waals surface area contributed by atoms with Crippen LogP contribution in [0, 0.1) is 0 Å². The number of nitrogens with one attached hydrogen (secondary N) is 1. The van der Waals surface area contributed by atoms with Gasteiger partial charge >= 0.3 is 0 Å². The maximum absolute atomic E-state index is 11.0. The molecule has 1 N–H and O–H groups in total. The van der Waals surface area contributed by atoms with Crippen molar-refractivity contribution in [1.82, 2.24) is 10.3 Å². The number of pyridine rings is 1. The molecule has 1 unspecified atom stereocenters. The number of carbonyl (C=O) groups excluding carboxylic acids is 1. The van der Waals surface area contributed by atoms with Crippen LogP contribution in [0.25, 0.3) is 6.08 Å². The first kappa shape index (κ1) is 21.6. The fourth-order valence-corrected chi connectivity index (χ4v) is 3.80. The molecule has 4 rings (SSSR count). The van der Waals surface area contributed by atoms with Crippen molar-refractivity contribution in [2.24, 2.45) is 0 Å². The second-order valence-corrected chi connectivity index (χ2v) is 7.47. The first-order valence-electron chi connectivity index (χ1n) is 10.5. The number of rotatable bonds is 8. The van der Waals surface area contributed by atoms with Crippen LogP contribution in [0.1, 0.15) is 38.8 Å². The van der Waals surface area contributed by atoms with Crippen LogP contribution in [0.4, 0.5) is 0 Å². The number of aromatic nitrogens is 1. The maximum atomic E-state index is 11.0. The van der Waals surface area contributed by atoms with E-state index >= 15 is 0 Å². The highest BCUT2D eigenvalue weighted by Crippen LogP contribution is 2.36. The monoisotopic (exact) mass is 430 g/mol. The minimum absolute atomic E-state index is 0.00581. The fraction of sp³-hybridized carbons (Fsp3) is 0.231. The van der Waals surface area contributed by atoms with E-state index in [4.69, 9.17) is 14.2 Å². The molecule has 0 bridgehead atoms. The Balaban J connectivity index is 1.58. The second-order valence-electron chi connectivity index (χ2n) is 7.47. The maximum Gasteiger partial charge on any atom is 0.221 e. The highest BCUT2D eigenvalue weighted by atomic mass is 16.5. The molecule has 2 aromatic carbocycles. The molecular weight excluding hydrogens is 404 g/mol. The standard InChI is InChI=1S/C26H26N2O4/c1-30-24-15-22-20(14-25(24)32-17-18-6-4-3-5-7-18)12-13-27-23(22)11-9-19-8-10-21(16-29)28-26(19)31-2/h3-11,14-16,23,27H,12-13,17H2,1-2H3/b11-9+. The Labute approximate surface area is 187 Å². The van der Waals surface area contributed by atoms with Gasteiger partial charge in [0.25, 0.3) is 0 Å². The number of nitrogens with zero attached hydrogens (tertiary/aromatic N) is 1. The van der Waals surface area contributed by atoms with Gasteiger partial charge in [-0.05, 0) is 47.4 Å². The molecule has 1 aliphatic heterocycles. The highest BCUT2D eigenvalue weighted by Gasteiger charge is 2.21. The summed E-state index contributed by atoms with van der Waals surface area (Å²) in [6, 6.07) is 17.7. The van der Waals surface area contributed by atoms with Crippen molar-refractivity contribution in [1.29, 1.82) is 0 Å². The van der Waals surface area contributed by atoms with Crippen molar-refractivity contribution >= 4 is 12.4 Å². The molecule has 0 fully saturated rings. The van der Waals surface area contributed by atoms with Crippen LogP contribution in [0.2, 0.25) is 0 Å². The molecule has 6 heteroatoms. The van der Waals surface area contributed by atoms with Crippen LogP contribution in [0.15, 0.2) is 60.7 Å². The molecule has 1 aliphatic rings. The normalized spacial score (nSPS) is 15.2. The lowest BCUT2D eigenvalue weighted by Gasteiger charge is -2.26. The zero-order valence-electron chi connectivity index (χ0n) is 18.2. The van der Waals surface area contributed by atoms with Gasteiger partial charge in [-0.15, -0.1) is 0 Å². The summed E-state index contributed by atoms with van der Waals surface area (Å²) in [4.78, 5) is 15.2. The molecule has 1 atom stereocenters. The summed E-state index contributed by atoms with van der Waals surface area (Å²) in [5.74, 6) is 1.87. The van der Waals surface area contributed by atoms with Crippen LogP contribution in [0.5, 0.6) is 17.4 Å². The van der Waals surface area contributed by atoms with Crippen molar-refractivity contribution in [3.63, 3.8) is 0 Å². The fourth-order valence-electron chi connectivity index (χ4n) is 3.80. The van der Waals surface area contributed by atoms with Crippen LogP contribution in [-0.2, 0) is 13.0 Å². The van der Waals surface area contributed by atoms with E-state index < -0.39 is 0 Å². The SMILES string of the molecule is COc1cc2c(cc1OCc1ccccc1)CCNC2/C=C/c1ccc(C=O)nc1OC. The molecule has 0 radical (unpaired) electrons. The highest BCUT2D eigenvalue weighted by molar-refractivity contribution is 5.73. The van der Waals surface area contributed by atoms with E-state index in [0.29, 0.717) is 30.2 Å². The van der Waals surface area contributed by atoms with Gasteiger partial charge in [0, 0.05) is 12.1 Å². The van der Waals surface area contributed by atoms with E-state index in [1.54, 1.807) is 20.3 Å². The van der Waals surface area contributed by atoms with Gasteiger partial charge < -0.3 is 19.5 Å². The smallest absolute Gasteiger partial charge is 0.221 e. The van der Waals surface area contributed by atoms with Crippen molar-refractivity contribution in [2.45, 2.75) is 19.1 Å². The Bertz CT molecular complexity index is 1110. The largest absolute Gasteiger partial charge is 0.493 e. The lowest BCUT2D eigenvalue weighted by molar-refractivity contribution is 0.111. The van der Waals surface area contributed by atoms with E-state index in [1.165, 1.54) is 5.56 Å². The average Bonchev–Trinajstić information content (AvgIpc) is 2.86. The lowest BCUT2D eigenvalue weighted by atomic mass is 9.93. The van der Waals surface area contributed by atoms with Gasteiger partial charge in [-0.1, -0.05) is 42.5 Å². The predicted molar refractivity (Wildman–Crippen MR) is 123 cm³/mol. The van der Waals surface area contributed by atoms with Crippen molar-refractivity contribution in [3.05, 3.63) is 88.6 Å². The molecule has 1 aromatic heterocycles. The Hall–Kier alpha value is -3.64. The molecule has 32 heavy (non-hydrogen) atoms. The van der Waals surface area contributed by atoms with Gasteiger partial charge in [0.05, 0.1) is 20.3 Å². The molecule has 2 heterocycles. The Morgan fingerprint density at radius 1 is 1.06 bits per heavy atom. The zero-order chi connectivity index (χ0) is 22.3. The Kier molecular flexibility index (Phi) is 6.82. The quantitative estimate of drug-likeness (QED) is 0.535.